The molecule has 1 aromatic carbocycles. The van der Waals surface area contributed by atoms with E-state index < -0.39 is 30.3 Å². The zero-order valence-electron chi connectivity index (χ0n) is 17.7. The quantitative estimate of drug-likeness (QED) is 0.529. The second-order valence-electron chi connectivity index (χ2n) is 7.72. The van der Waals surface area contributed by atoms with E-state index in [0.29, 0.717) is 22.4 Å². The third kappa shape index (κ3) is 4.65. The Kier molecular flexibility index (Phi) is 6.27. The van der Waals surface area contributed by atoms with Crippen LogP contribution in [0.1, 0.15) is 16.8 Å². The smallest absolute Gasteiger partial charge is 0.254 e. The summed E-state index contributed by atoms with van der Waals surface area (Å²) in [4.78, 5) is 16.9. The van der Waals surface area contributed by atoms with Gasteiger partial charge < -0.3 is 16.2 Å². The highest BCUT2D eigenvalue weighted by Crippen LogP contribution is 2.30. The van der Waals surface area contributed by atoms with E-state index in [0.717, 1.165) is 0 Å². The third-order valence-electron chi connectivity index (χ3n) is 5.55. The number of carbonyl (C=O) groups is 1. The number of nitrogens with two attached hydrogens (primary N) is 1. The van der Waals surface area contributed by atoms with Crippen LogP contribution in [0, 0.1) is 11.7 Å². The van der Waals surface area contributed by atoms with Crippen LogP contribution in [0.5, 0.6) is 0 Å². The van der Waals surface area contributed by atoms with Gasteiger partial charge in [0, 0.05) is 36.7 Å². The molecule has 0 saturated heterocycles. The lowest BCUT2D eigenvalue weighted by atomic mass is 9.92. The average Bonchev–Trinajstić information content (AvgIpc) is 3.23. The van der Waals surface area contributed by atoms with E-state index in [1.165, 1.54) is 24.3 Å². The number of pyridine rings is 1. The molecule has 0 spiro atoms. The maximum atomic E-state index is 14.9. The number of aromatic nitrogens is 4. The van der Waals surface area contributed by atoms with Crippen LogP contribution in [0.4, 0.5) is 14.6 Å². The topological polar surface area (TPSA) is 119 Å². The molecule has 2 atom stereocenters. The summed E-state index contributed by atoms with van der Waals surface area (Å²) in [6.07, 6.45) is 7.75. The van der Waals surface area contributed by atoms with Gasteiger partial charge in [-0.3, -0.25) is 4.79 Å². The Hall–Kier alpha value is -3.92. The minimum Gasteiger partial charge on any atom is -0.394 e. The lowest BCUT2D eigenvalue weighted by Crippen LogP contribution is -2.43. The Bertz CT molecular complexity index is 1250. The molecule has 3 aromatic rings. The number of nitrogens with one attached hydrogen (secondary N) is 1. The molecule has 0 saturated carbocycles. The summed E-state index contributed by atoms with van der Waals surface area (Å²) >= 11 is 0. The van der Waals surface area contributed by atoms with Gasteiger partial charge in [0.15, 0.2) is 0 Å². The molecule has 1 unspecified atom stereocenters. The molecule has 1 aliphatic rings. The maximum absolute atomic E-state index is 14.9. The third-order valence-corrected chi connectivity index (χ3v) is 5.55. The van der Waals surface area contributed by atoms with E-state index in [4.69, 9.17) is 5.73 Å². The zero-order chi connectivity index (χ0) is 23.5. The van der Waals surface area contributed by atoms with E-state index in [9.17, 15) is 18.7 Å². The SMILES string of the molecule is Cn1nncc1-c1cnc(N)c(-c2ccc(C(=O)N[C@H](CO)C3C=CC=C(F)C3)c(F)c2)c1. The maximum Gasteiger partial charge on any atom is 0.254 e. The molecular weight excluding hydrogens is 430 g/mol. The molecule has 0 aliphatic heterocycles. The van der Waals surface area contributed by atoms with Crippen molar-refractivity contribution in [3.8, 4) is 22.4 Å². The minimum absolute atomic E-state index is 0.0538. The zero-order valence-corrected chi connectivity index (χ0v) is 17.7. The number of hydrogen-bond acceptors (Lipinski definition) is 6. The number of anilines is 1. The van der Waals surface area contributed by atoms with Gasteiger partial charge in [-0.1, -0.05) is 23.4 Å². The second kappa shape index (κ2) is 9.29. The van der Waals surface area contributed by atoms with E-state index in [-0.39, 0.29) is 23.6 Å². The molecule has 4 N–H and O–H groups in total. The normalized spacial score (nSPS) is 16.4. The summed E-state index contributed by atoms with van der Waals surface area (Å²) < 4.78 is 30.1. The number of benzene rings is 1. The van der Waals surface area contributed by atoms with Gasteiger partial charge in [-0.05, 0) is 29.8 Å². The molecule has 0 radical (unpaired) electrons. The summed E-state index contributed by atoms with van der Waals surface area (Å²) in [6.45, 7) is -0.411. The van der Waals surface area contributed by atoms with Crippen LogP contribution < -0.4 is 11.1 Å². The Balaban J connectivity index is 1.57. The number of nitrogen functional groups attached to an aromatic ring is 1. The van der Waals surface area contributed by atoms with Gasteiger partial charge in [0.1, 0.15) is 17.5 Å². The molecule has 33 heavy (non-hydrogen) atoms. The number of nitrogens with zero attached hydrogens (tertiary/aromatic N) is 4. The fraction of sp³-hybridized carbons (Fsp3) is 0.217. The van der Waals surface area contributed by atoms with Crippen molar-refractivity contribution in [3.05, 3.63) is 72.1 Å². The Labute approximate surface area is 188 Å². The van der Waals surface area contributed by atoms with Crippen molar-refractivity contribution in [2.45, 2.75) is 12.5 Å². The van der Waals surface area contributed by atoms with Crippen molar-refractivity contribution in [2.24, 2.45) is 13.0 Å². The molecule has 1 amide bonds. The fourth-order valence-electron chi connectivity index (χ4n) is 3.74. The largest absolute Gasteiger partial charge is 0.394 e. The summed E-state index contributed by atoms with van der Waals surface area (Å²) in [5.74, 6) is -2.05. The number of rotatable bonds is 6. The van der Waals surface area contributed by atoms with Crippen molar-refractivity contribution in [2.75, 3.05) is 12.3 Å². The van der Waals surface area contributed by atoms with Crippen molar-refractivity contribution < 1.29 is 18.7 Å². The molecule has 1 aliphatic carbocycles. The average molecular weight is 452 g/mol. The van der Waals surface area contributed by atoms with Gasteiger partial charge >= 0.3 is 0 Å². The van der Waals surface area contributed by atoms with E-state index in [1.807, 2.05) is 0 Å². The predicted molar refractivity (Wildman–Crippen MR) is 119 cm³/mol. The van der Waals surface area contributed by atoms with Crippen LogP contribution in [0.25, 0.3) is 22.4 Å². The van der Waals surface area contributed by atoms with E-state index in [1.54, 1.807) is 42.3 Å². The Morgan fingerprint density at radius 1 is 1.30 bits per heavy atom. The predicted octanol–water partition coefficient (Wildman–Crippen LogP) is 2.79. The molecule has 10 heteroatoms. The van der Waals surface area contributed by atoms with Crippen molar-refractivity contribution in [3.63, 3.8) is 0 Å². The standard InChI is InChI=1S/C23H22F2N6O2/c1-31-21(11-28-30-31)15-8-18(22(26)27-10-15)13-5-6-17(19(25)9-13)23(33)29-20(12-32)14-3-2-4-16(24)7-14/h2-6,8-11,14,20,32H,7,12H2,1H3,(H2,26,27)(H,29,33)/t14?,20-/m1/s1. The minimum atomic E-state index is -0.765. The number of halogens is 2. The Morgan fingerprint density at radius 3 is 2.79 bits per heavy atom. The van der Waals surface area contributed by atoms with Gasteiger partial charge in [-0.25, -0.2) is 18.4 Å². The molecule has 2 heterocycles. The van der Waals surface area contributed by atoms with Crippen LogP contribution >= 0.6 is 0 Å². The molecule has 2 aromatic heterocycles. The molecule has 0 bridgehead atoms. The molecular formula is C23H22F2N6O2. The van der Waals surface area contributed by atoms with Crippen LogP contribution in [0.2, 0.25) is 0 Å². The number of aryl methyl sites for hydroxylation is 1. The van der Waals surface area contributed by atoms with Crippen LogP contribution in [-0.2, 0) is 7.05 Å². The highest BCUT2D eigenvalue weighted by molar-refractivity contribution is 5.95. The monoisotopic (exact) mass is 452 g/mol. The summed E-state index contributed by atoms with van der Waals surface area (Å²) in [6, 6.07) is 5.09. The second-order valence-corrected chi connectivity index (χ2v) is 7.72. The first-order valence-corrected chi connectivity index (χ1v) is 10.2. The lowest BCUT2D eigenvalue weighted by Gasteiger charge is -2.25. The number of aliphatic hydroxyl groups excluding tert-OH is 1. The molecule has 170 valence electrons. The number of amides is 1. The van der Waals surface area contributed by atoms with Crippen molar-refractivity contribution in [1.29, 1.82) is 0 Å². The van der Waals surface area contributed by atoms with Gasteiger partial charge in [0.2, 0.25) is 0 Å². The van der Waals surface area contributed by atoms with Crippen molar-refractivity contribution >= 4 is 11.7 Å². The van der Waals surface area contributed by atoms with Gasteiger partial charge in [0.05, 0.1) is 30.1 Å². The molecule has 8 nitrogen and oxygen atoms in total. The van der Waals surface area contributed by atoms with E-state index >= 15 is 0 Å². The van der Waals surface area contributed by atoms with Crippen LogP contribution in [0.15, 0.2) is 60.7 Å². The summed E-state index contributed by atoms with van der Waals surface area (Å²) in [7, 11) is 1.73. The van der Waals surface area contributed by atoms with E-state index in [2.05, 4.69) is 20.6 Å². The van der Waals surface area contributed by atoms with Crippen molar-refractivity contribution in [1.82, 2.24) is 25.3 Å². The van der Waals surface area contributed by atoms with Crippen LogP contribution in [-0.4, -0.2) is 43.6 Å². The highest BCUT2D eigenvalue weighted by atomic mass is 19.1. The first-order chi connectivity index (χ1) is 15.9. The lowest BCUT2D eigenvalue weighted by molar-refractivity contribution is 0.0893. The number of carbonyl (C=O) groups excluding carboxylic acids is 1. The van der Waals surface area contributed by atoms with Crippen LogP contribution in [0.3, 0.4) is 0 Å². The summed E-state index contributed by atoms with van der Waals surface area (Å²) in [5, 5.41) is 20.0. The van der Waals surface area contributed by atoms with Gasteiger partial charge in [0.25, 0.3) is 5.91 Å². The number of allylic oxidation sites excluding steroid dienone is 3. The Morgan fingerprint density at radius 2 is 2.12 bits per heavy atom. The fourth-order valence-corrected chi connectivity index (χ4v) is 3.74. The van der Waals surface area contributed by atoms with Gasteiger partial charge in [-0.2, -0.15) is 0 Å². The summed E-state index contributed by atoms with van der Waals surface area (Å²) in [5.41, 5.74) is 8.14. The highest BCUT2D eigenvalue weighted by Gasteiger charge is 2.25. The number of aliphatic hydroxyl groups is 1. The van der Waals surface area contributed by atoms with Gasteiger partial charge in [-0.15, -0.1) is 5.10 Å². The molecule has 4 rings (SSSR count). The molecule has 0 fully saturated rings. The first-order valence-electron chi connectivity index (χ1n) is 10.2. The number of hydrogen-bond donors (Lipinski definition) is 3. The first kappa shape index (κ1) is 22.3.